The molecule has 0 bridgehead atoms. The zero-order valence-corrected chi connectivity index (χ0v) is 10.4. The molecule has 0 aliphatic heterocycles. The summed E-state index contributed by atoms with van der Waals surface area (Å²) in [5.41, 5.74) is 0.504. The van der Waals surface area contributed by atoms with Crippen LogP contribution < -0.4 is 10.1 Å². The Labute approximate surface area is 95.8 Å². The fourth-order valence-electron chi connectivity index (χ4n) is 1.29. The first kappa shape index (κ1) is 12.5. The second-order valence-electron chi connectivity index (χ2n) is 4.29. The molecule has 0 fully saturated rings. The summed E-state index contributed by atoms with van der Waals surface area (Å²) in [4.78, 5) is 11.7. The molecule has 0 aliphatic rings. The van der Waals surface area contributed by atoms with Crippen LogP contribution in [0.4, 0.5) is 0 Å². The van der Waals surface area contributed by atoms with Crippen LogP contribution in [0.5, 0.6) is 5.88 Å². The van der Waals surface area contributed by atoms with Crippen LogP contribution in [-0.2, 0) is 7.05 Å². The van der Waals surface area contributed by atoms with Crippen LogP contribution in [-0.4, -0.2) is 27.8 Å². The lowest BCUT2D eigenvalue weighted by Gasteiger charge is -2.07. The van der Waals surface area contributed by atoms with Gasteiger partial charge in [-0.2, -0.15) is 0 Å². The Morgan fingerprint density at radius 2 is 2.06 bits per heavy atom. The molecule has 0 saturated heterocycles. The molecule has 90 valence electrons. The molecular weight excluding hydrogens is 206 g/mol. The Kier molecular flexibility index (Phi) is 3.93. The van der Waals surface area contributed by atoms with Crippen LogP contribution >= 0.6 is 0 Å². The van der Waals surface area contributed by atoms with Crippen LogP contribution in [0.2, 0.25) is 0 Å². The van der Waals surface area contributed by atoms with Crippen LogP contribution in [0.25, 0.3) is 0 Å². The van der Waals surface area contributed by atoms with E-state index in [1.165, 1.54) is 4.68 Å². The predicted octanol–water partition coefficient (Wildman–Crippen LogP) is 1.35. The van der Waals surface area contributed by atoms with E-state index in [2.05, 4.69) is 10.4 Å². The van der Waals surface area contributed by atoms with Gasteiger partial charge in [-0.25, -0.2) is 0 Å². The predicted molar refractivity (Wildman–Crippen MR) is 61.6 cm³/mol. The van der Waals surface area contributed by atoms with Gasteiger partial charge in [0.2, 0.25) is 5.88 Å². The normalized spacial score (nSPS) is 10.9. The molecule has 5 heteroatoms. The van der Waals surface area contributed by atoms with Crippen molar-refractivity contribution in [2.45, 2.75) is 39.8 Å². The van der Waals surface area contributed by atoms with Crippen molar-refractivity contribution in [2.24, 2.45) is 7.05 Å². The highest BCUT2D eigenvalue weighted by Gasteiger charge is 2.15. The van der Waals surface area contributed by atoms with E-state index in [-0.39, 0.29) is 18.1 Å². The molecule has 1 aromatic rings. The van der Waals surface area contributed by atoms with Gasteiger partial charge in [-0.15, -0.1) is 5.10 Å². The Hall–Kier alpha value is -1.52. The minimum absolute atomic E-state index is 0.0518. The first-order valence-corrected chi connectivity index (χ1v) is 5.41. The number of hydrogen-bond donors (Lipinski definition) is 1. The van der Waals surface area contributed by atoms with E-state index in [1.807, 2.05) is 27.7 Å². The highest BCUT2D eigenvalue weighted by Crippen LogP contribution is 2.12. The summed E-state index contributed by atoms with van der Waals surface area (Å²) < 4.78 is 6.94. The van der Waals surface area contributed by atoms with Gasteiger partial charge in [0.1, 0.15) is 5.69 Å². The minimum atomic E-state index is -0.136. The molecule has 16 heavy (non-hydrogen) atoms. The summed E-state index contributed by atoms with van der Waals surface area (Å²) in [7, 11) is 1.72. The third kappa shape index (κ3) is 3.25. The average molecular weight is 225 g/mol. The monoisotopic (exact) mass is 225 g/mol. The van der Waals surface area contributed by atoms with Crippen LogP contribution in [0.15, 0.2) is 6.07 Å². The first-order valence-electron chi connectivity index (χ1n) is 5.41. The topological polar surface area (TPSA) is 56.1 Å². The number of nitrogens with zero attached hydrogens (tertiary/aromatic N) is 2. The smallest absolute Gasteiger partial charge is 0.269 e. The largest absolute Gasteiger partial charge is 0.474 e. The van der Waals surface area contributed by atoms with Gasteiger partial charge in [-0.1, -0.05) is 0 Å². The number of carbonyl (C=O) groups is 1. The zero-order chi connectivity index (χ0) is 12.3. The third-order valence-electron chi connectivity index (χ3n) is 1.87. The highest BCUT2D eigenvalue weighted by atomic mass is 16.5. The molecule has 0 aliphatic carbocycles. The molecule has 0 aromatic carbocycles. The number of rotatable bonds is 4. The molecular formula is C11H19N3O2. The summed E-state index contributed by atoms with van der Waals surface area (Å²) in [6.07, 6.45) is 0.0518. The van der Waals surface area contributed by atoms with Crippen molar-refractivity contribution in [3.05, 3.63) is 11.8 Å². The van der Waals surface area contributed by atoms with Gasteiger partial charge < -0.3 is 10.1 Å². The van der Waals surface area contributed by atoms with Crippen molar-refractivity contribution in [1.82, 2.24) is 15.1 Å². The SMILES string of the molecule is CC(C)NC(=O)c1cc(OC(C)C)nn1C. The Morgan fingerprint density at radius 1 is 1.44 bits per heavy atom. The minimum Gasteiger partial charge on any atom is -0.474 e. The van der Waals surface area contributed by atoms with E-state index < -0.39 is 0 Å². The molecule has 0 atom stereocenters. The van der Waals surface area contributed by atoms with Gasteiger partial charge in [0.05, 0.1) is 6.10 Å². The van der Waals surface area contributed by atoms with E-state index in [4.69, 9.17) is 4.74 Å². The fraction of sp³-hybridized carbons (Fsp3) is 0.636. The molecule has 1 aromatic heterocycles. The molecule has 1 heterocycles. The van der Waals surface area contributed by atoms with E-state index in [0.29, 0.717) is 11.6 Å². The number of carbonyl (C=O) groups excluding carboxylic acids is 1. The van der Waals surface area contributed by atoms with E-state index in [1.54, 1.807) is 13.1 Å². The molecule has 1 rings (SSSR count). The van der Waals surface area contributed by atoms with Gasteiger partial charge in [-0.05, 0) is 27.7 Å². The van der Waals surface area contributed by atoms with Gasteiger partial charge in [0.25, 0.3) is 5.91 Å². The third-order valence-corrected chi connectivity index (χ3v) is 1.87. The van der Waals surface area contributed by atoms with Gasteiger partial charge in [-0.3, -0.25) is 9.48 Å². The Morgan fingerprint density at radius 3 is 2.56 bits per heavy atom. The van der Waals surface area contributed by atoms with Crippen molar-refractivity contribution in [3.63, 3.8) is 0 Å². The number of hydrogen-bond acceptors (Lipinski definition) is 3. The van der Waals surface area contributed by atoms with Crippen LogP contribution in [0.3, 0.4) is 0 Å². The summed E-state index contributed by atoms with van der Waals surface area (Å²) in [5, 5.41) is 6.92. The summed E-state index contributed by atoms with van der Waals surface area (Å²) in [6.45, 7) is 7.67. The standard InChI is InChI=1S/C11H19N3O2/c1-7(2)12-11(15)9-6-10(13-14(9)5)16-8(3)4/h6-8H,1-5H3,(H,12,15). The van der Waals surface area contributed by atoms with Crippen molar-refractivity contribution in [2.75, 3.05) is 0 Å². The number of nitrogens with one attached hydrogen (secondary N) is 1. The number of ether oxygens (including phenoxy) is 1. The lowest BCUT2D eigenvalue weighted by Crippen LogP contribution is -2.31. The number of aromatic nitrogens is 2. The second-order valence-corrected chi connectivity index (χ2v) is 4.29. The number of aryl methyl sites for hydroxylation is 1. The van der Waals surface area contributed by atoms with Crippen LogP contribution in [0, 0.1) is 0 Å². The summed E-state index contributed by atoms with van der Waals surface area (Å²) in [6, 6.07) is 1.76. The molecule has 0 radical (unpaired) electrons. The lowest BCUT2D eigenvalue weighted by molar-refractivity contribution is 0.0933. The molecule has 0 saturated carbocycles. The first-order chi connectivity index (χ1) is 7.40. The second kappa shape index (κ2) is 5.01. The highest BCUT2D eigenvalue weighted by molar-refractivity contribution is 5.93. The lowest BCUT2D eigenvalue weighted by atomic mass is 10.3. The van der Waals surface area contributed by atoms with Gasteiger partial charge in [0, 0.05) is 19.2 Å². The maximum Gasteiger partial charge on any atom is 0.269 e. The maximum atomic E-state index is 11.7. The van der Waals surface area contributed by atoms with Crippen molar-refractivity contribution >= 4 is 5.91 Å². The quantitative estimate of drug-likeness (QED) is 0.841. The Balaban J connectivity index is 2.81. The summed E-state index contributed by atoms with van der Waals surface area (Å²) in [5.74, 6) is 0.343. The molecule has 1 amide bonds. The Bertz CT molecular complexity index is 369. The maximum absolute atomic E-state index is 11.7. The van der Waals surface area contributed by atoms with Crippen molar-refractivity contribution in [1.29, 1.82) is 0 Å². The van der Waals surface area contributed by atoms with Gasteiger partial charge in [0.15, 0.2) is 0 Å². The van der Waals surface area contributed by atoms with E-state index >= 15 is 0 Å². The van der Waals surface area contributed by atoms with Crippen molar-refractivity contribution in [3.8, 4) is 5.88 Å². The van der Waals surface area contributed by atoms with Crippen molar-refractivity contribution < 1.29 is 9.53 Å². The zero-order valence-electron chi connectivity index (χ0n) is 10.4. The molecule has 0 spiro atoms. The fourth-order valence-corrected chi connectivity index (χ4v) is 1.29. The molecule has 0 unspecified atom stereocenters. The van der Waals surface area contributed by atoms with E-state index in [0.717, 1.165) is 0 Å². The number of amides is 1. The van der Waals surface area contributed by atoms with E-state index in [9.17, 15) is 4.79 Å². The molecule has 5 nitrogen and oxygen atoms in total. The van der Waals surface area contributed by atoms with Crippen LogP contribution in [0.1, 0.15) is 38.2 Å². The summed E-state index contributed by atoms with van der Waals surface area (Å²) >= 11 is 0. The molecule has 1 N–H and O–H groups in total. The van der Waals surface area contributed by atoms with Gasteiger partial charge >= 0.3 is 0 Å². The average Bonchev–Trinajstić information content (AvgIpc) is 2.44.